The van der Waals surface area contributed by atoms with E-state index in [1.165, 1.54) is 52.7 Å². The number of non-ortho nitro benzene ring substituents is 1. The third-order valence-electron chi connectivity index (χ3n) is 4.61. The molecule has 3 heterocycles. The van der Waals surface area contributed by atoms with Crippen LogP contribution in [-0.2, 0) is 20.9 Å². The Labute approximate surface area is 186 Å². The summed E-state index contributed by atoms with van der Waals surface area (Å²) in [5.74, 6) is -0.0638. The quantitative estimate of drug-likeness (QED) is 0.203. The number of hydrogen-bond acceptors (Lipinski definition) is 8. The minimum atomic E-state index is -0.585. The number of nitro benzene ring substituents is 1. The molecule has 0 spiro atoms. The van der Waals surface area contributed by atoms with Crippen LogP contribution in [0, 0.1) is 10.1 Å². The van der Waals surface area contributed by atoms with Crippen LogP contribution in [0.5, 0.6) is 0 Å². The van der Waals surface area contributed by atoms with E-state index in [2.05, 4.69) is 4.98 Å². The molecule has 0 bridgehead atoms. The van der Waals surface area contributed by atoms with Gasteiger partial charge in [0.05, 0.1) is 14.7 Å². The number of carbonyl (C=O) groups is 2. The van der Waals surface area contributed by atoms with Gasteiger partial charge >= 0.3 is 5.97 Å². The maximum Gasteiger partial charge on any atom is 0.357 e. The SMILES string of the molecule is CCSC1=C(C(=O)OCc2ccc([N+](=O)[O-])cc2)N2C(=O)C(=Cc3cccnc3)[C@H]2S1. The zero-order valence-corrected chi connectivity index (χ0v) is 18.0. The van der Waals surface area contributed by atoms with E-state index in [4.69, 9.17) is 4.74 Å². The highest BCUT2D eigenvalue weighted by Crippen LogP contribution is 2.53. The Balaban J connectivity index is 1.49. The van der Waals surface area contributed by atoms with Crippen LogP contribution in [0.15, 0.2) is 64.3 Å². The zero-order valence-electron chi connectivity index (χ0n) is 16.4. The first-order chi connectivity index (χ1) is 15.0. The van der Waals surface area contributed by atoms with Gasteiger partial charge < -0.3 is 4.74 Å². The predicted octanol–water partition coefficient (Wildman–Crippen LogP) is 3.95. The van der Waals surface area contributed by atoms with Crippen LogP contribution in [0.4, 0.5) is 5.69 Å². The highest BCUT2D eigenvalue weighted by Gasteiger charge is 2.52. The molecule has 1 aromatic heterocycles. The summed E-state index contributed by atoms with van der Waals surface area (Å²) in [6.45, 7) is 1.93. The van der Waals surface area contributed by atoms with Crippen molar-refractivity contribution in [3.05, 3.63) is 85.5 Å². The van der Waals surface area contributed by atoms with E-state index in [1.54, 1.807) is 24.5 Å². The van der Waals surface area contributed by atoms with Gasteiger partial charge in [0.15, 0.2) is 5.70 Å². The monoisotopic (exact) mass is 455 g/mol. The maximum atomic E-state index is 12.8. The lowest BCUT2D eigenvalue weighted by molar-refractivity contribution is -0.384. The van der Waals surface area contributed by atoms with Crippen molar-refractivity contribution < 1.29 is 19.2 Å². The van der Waals surface area contributed by atoms with Gasteiger partial charge in [-0.1, -0.05) is 24.8 Å². The molecule has 0 saturated carbocycles. The van der Waals surface area contributed by atoms with Crippen LogP contribution in [0.2, 0.25) is 0 Å². The molecule has 1 amide bonds. The fourth-order valence-corrected chi connectivity index (χ4v) is 5.71. The number of rotatable bonds is 7. The molecule has 0 aliphatic carbocycles. The number of carbonyl (C=O) groups excluding carboxylic acids is 2. The van der Waals surface area contributed by atoms with E-state index in [0.717, 1.165) is 15.6 Å². The zero-order chi connectivity index (χ0) is 22.0. The van der Waals surface area contributed by atoms with Crippen molar-refractivity contribution >= 4 is 47.2 Å². The fourth-order valence-electron chi connectivity index (χ4n) is 3.13. The second-order valence-electron chi connectivity index (χ2n) is 6.60. The van der Waals surface area contributed by atoms with Crippen LogP contribution < -0.4 is 0 Å². The van der Waals surface area contributed by atoms with E-state index in [1.807, 2.05) is 13.0 Å². The van der Waals surface area contributed by atoms with Crippen LogP contribution >= 0.6 is 23.5 Å². The van der Waals surface area contributed by atoms with Gasteiger partial charge in [0, 0.05) is 24.5 Å². The molecule has 4 rings (SSSR count). The lowest BCUT2D eigenvalue weighted by Gasteiger charge is -2.37. The number of aromatic nitrogens is 1. The second-order valence-corrected chi connectivity index (χ2v) is 9.22. The molecular formula is C21H17N3O5S2. The minimum Gasteiger partial charge on any atom is -0.456 e. The topological polar surface area (TPSA) is 103 Å². The molecule has 1 aromatic carbocycles. The second kappa shape index (κ2) is 8.94. The van der Waals surface area contributed by atoms with Crippen molar-refractivity contribution in [1.82, 2.24) is 9.88 Å². The van der Waals surface area contributed by atoms with Crippen LogP contribution in [0.1, 0.15) is 18.1 Å². The summed E-state index contributed by atoms with van der Waals surface area (Å²) in [5.41, 5.74) is 2.29. The van der Waals surface area contributed by atoms with Gasteiger partial charge in [0.25, 0.3) is 11.6 Å². The highest BCUT2D eigenvalue weighted by atomic mass is 32.2. The first-order valence-corrected chi connectivity index (χ1v) is 11.3. The Morgan fingerprint density at radius 3 is 2.77 bits per heavy atom. The number of thioether (sulfide) groups is 2. The Kier molecular flexibility index (Phi) is 6.10. The number of nitro groups is 1. The first-order valence-electron chi connectivity index (χ1n) is 9.39. The van der Waals surface area contributed by atoms with Gasteiger partial charge in [-0.3, -0.25) is 24.8 Å². The summed E-state index contributed by atoms with van der Waals surface area (Å²) in [4.78, 5) is 41.4. The summed E-state index contributed by atoms with van der Waals surface area (Å²) >= 11 is 2.96. The van der Waals surface area contributed by atoms with Crippen molar-refractivity contribution in [2.75, 3.05) is 5.75 Å². The summed E-state index contributed by atoms with van der Waals surface area (Å²) in [5, 5.41) is 10.5. The molecular weight excluding hydrogens is 438 g/mol. The lowest BCUT2D eigenvalue weighted by Crippen LogP contribution is -2.51. The predicted molar refractivity (Wildman–Crippen MR) is 118 cm³/mol. The molecule has 1 fully saturated rings. The molecule has 0 unspecified atom stereocenters. The molecule has 10 heteroatoms. The average Bonchev–Trinajstić information content (AvgIpc) is 3.12. The van der Waals surface area contributed by atoms with Crippen LogP contribution in [0.3, 0.4) is 0 Å². The summed E-state index contributed by atoms with van der Waals surface area (Å²) in [7, 11) is 0. The van der Waals surface area contributed by atoms with Crippen molar-refractivity contribution in [3.63, 3.8) is 0 Å². The number of fused-ring (bicyclic) bond motifs is 1. The normalized spacial score (nSPS) is 18.7. The number of amides is 1. The van der Waals surface area contributed by atoms with Gasteiger partial charge in [-0.05, 0) is 41.2 Å². The van der Waals surface area contributed by atoms with Gasteiger partial charge in [-0.25, -0.2) is 4.79 Å². The summed E-state index contributed by atoms with van der Waals surface area (Å²) in [6.07, 6.45) is 5.14. The van der Waals surface area contributed by atoms with Crippen molar-refractivity contribution in [3.8, 4) is 0 Å². The molecule has 8 nitrogen and oxygen atoms in total. The number of benzene rings is 1. The summed E-state index contributed by atoms with van der Waals surface area (Å²) < 4.78 is 6.18. The highest BCUT2D eigenvalue weighted by molar-refractivity contribution is 8.22. The van der Waals surface area contributed by atoms with Crippen molar-refractivity contribution in [2.45, 2.75) is 18.9 Å². The largest absolute Gasteiger partial charge is 0.456 e. The number of ether oxygens (including phenoxy) is 1. The molecule has 2 aromatic rings. The Morgan fingerprint density at radius 2 is 2.13 bits per heavy atom. The molecule has 1 saturated heterocycles. The standard InChI is InChI=1S/C21H17N3O5S2/c1-2-30-21-17(20(26)29-12-13-5-7-15(8-6-13)24(27)28)23-18(25)16(19(23)31-21)10-14-4-3-9-22-11-14/h3-11,19H,2,12H2,1H3/t19-/m1/s1. The van der Waals surface area contributed by atoms with Gasteiger partial charge in [-0.2, -0.15) is 0 Å². The molecule has 2 aliphatic heterocycles. The Hall–Kier alpha value is -3.11. The van der Waals surface area contributed by atoms with E-state index >= 15 is 0 Å². The Bertz CT molecular complexity index is 1100. The number of nitrogens with zero attached hydrogens (tertiary/aromatic N) is 3. The number of esters is 1. The molecule has 0 radical (unpaired) electrons. The third-order valence-corrected chi connectivity index (χ3v) is 7.09. The maximum absolute atomic E-state index is 12.8. The number of pyridine rings is 1. The first kappa shape index (κ1) is 21.1. The van der Waals surface area contributed by atoms with E-state index in [9.17, 15) is 19.7 Å². The van der Waals surface area contributed by atoms with Crippen LogP contribution in [0.25, 0.3) is 6.08 Å². The molecule has 31 heavy (non-hydrogen) atoms. The Morgan fingerprint density at radius 1 is 1.35 bits per heavy atom. The van der Waals surface area contributed by atoms with Gasteiger partial charge in [0.1, 0.15) is 12.0 Å². The van der Waals surface area contributed by atoms with E-state index in [0.29, 0.717) is 11.1 Å². The van der Waals surface area contributed by atoms with Gasteiger partial charge in [-0.15, -0.1) is 11.8 Å². The van der Waals surface area contributed by atoms with Crippen LogP contribution in [-0.4, -0.2) is 37.8 Å². The summed E-state index contributed by atoms with van der Waals surface area (Å²) in [6, 6.07) is 9.46. The van der Waals surface area contributed by atoms with Gasteiger partial charge in [0.2, 0.25) is 0 Å². The molecule has 1 atom stereocenters. The lowest BCUT2D eigenvalue weighted by atomic mass is 10.0. The minimum absolute atomic E-state index is 0.0337. The number of hydrogen-bond donors (Lipinski definition) is 0. The third kappa shape index (κ3) is 4.21. The van der Waals surface area contributed by atoms with Crippen molar-refractivity contribution in [2.24, 2.45) is 0 Å². The van der Waals surface area contributed by atoms with Crippen molar-refractivity contribution in [1.29, 1.82) is 0 Å². The number of β-lactam (4-membered cyclic amide) rings is 1. The average molecular weight is 456 g/mol. The smallest absolute Gasteiger partial charge is 0.357 e. The molecule has 2 aliphatic rings. The van der Waals surface area contributed by atoms with E-state index < -0.39 is 10.9 Å². The molecule has 0 N–H and O–H groups in total. The van der Waals surface area contributed by atoms with E-state index in [-0.39, 0.29) is 29.3 Å². The molecule has 158 valence electrons. The fraction of sp³-hybridized carbons (Fsp3) is 0.190.